The number of benzene rings is 2. The molecular weight excluding hydrogens is 424 g/mol. The molecule has 6 nitrogen and oxygen atoms in total. The highest BCUT2D eigenvalue weighted by atomic mass is 32.2. The molecule has 2 heterocycles. The lowest BCUT2D eigenvalue weighted by Crippen LogP contribution is -2.44. The monoisotopic (exact) mass is 448 g/mol. The van der Waals surface area contributed by atoms with E-state index in [0.717, 1.165) is 12.0 Å². The Hall–Kier alpha value is -3.19. The summed E-state index contributed by atoms with van der Waals surface area (Å²) in [7, 11) is -4.03. The number of anilines is 1. The van der Waals surface area contributed by atoms with Crippen LogP contribution in [0.1, 0.15) is 43.6 Å². The lowest BCUT2D eigenvalue weighted by Gasteiger charge is -2.36. The second-order valence-electron chi connectivity index (χ2n) is 8.15. The molecule has 0 amide bonds. The van der Waals surface area contributed by atoms with Gasteiger partial charge >= 0.3 is 0 Å². The molecule has 0 N–H and O–H groups in total. The molecule has 7 heteroatoms. The van der Waals surface area contributed by atoms with Gasteiger partial charge in [-0.05, 0) is 61.2 Å². The van der Waals surface area contributed by atoms with E-state index >= 15 is 0 Å². The lowest BCUT2D eigenvalue weighted by molar-refractivity contribution is -0.122. The quantitative estimate of drug-likeness (QED) is 0.547. The van der Waals surface area contributed by atoms with Crippen LogP contribution in [0.2, 0.25) is 0 Å². The predicted molar refractivity (Wildman–Crippen MR) is 123 cm³/mol. The minimum absolute atomic E-state index is 0.00858. The van der Waals surface area contributed by atoms with Crippen molar-refractivity contribution in [2.75, 3.05) is 4.31 Å². The average molecular weight is 449 g/mol. The summed E-state index contributed by atoms with van der Waals surface area (Å²) in [5.41, 5.74) is 2.76. The third-order valence-corrected chi connectivity index (χ3v) is 8.05. The molecule has 2 unspecified atom stereocenters. The fourth-order valence-corrected chi connectivity index (χ4v) is 6.28. The van der Waals surface area contributed by atoms with Gasteiger partial charge in [0.2, 0.25) is 0 Å². The van der Waals surface area contributed by atoms with Gasteiger partial charge in [0, 0.05) is 12.1 Å². The molecule has 2 aliphatic rings. The molecule has 0 radical (unpaired) electrons. The Morgan fingerprint density at radius 2 is 1.81 bits per heavy atom. The summed E-state index contributed by atoms with van der Waals surface area (Å²) in [6, 6.07) is 16.7. The highest BCUT2D eigenvalue weighted by Crippen LogP contribution is 2.47. The van der Waals surface area contributed by atoms with Crippen molar-refractivity contribution in [3.8, 4) is 0 Å². The first-order valence-corrected chi connectivity index (χ1v) is 12.3. The van der Waals surface area contributed by atoms with E-state index in [1.807, 2.05) is 25.1 Å². The molecule has 1 aliphatic heterocycles. The number of nitrogens with zero attached hydrogens (tertiary/aromatic N) is 2. The van der Waals surface area contributed by atoms with Crippen molar-refractivity contribution in [3.63, 3.8) is 0 Å². The Morgan fingerprint density at radius 1 is 1.03 bits per heavy atom. The van der Waals surface area contributed by atoms with Crippen LogP contribution in [0.25, 0.3) is 0 Å². The molecule has 32 heavy (non-hydrogen) atoms. The molecule has 0 bridgehead atoms. The van der Waals surface area contributed by atoms with Gasteiger partial charge in [0.1, 0.15) is 17.6 Å². The summed E-state index contributed by atoms with van der Waals surface area (Å²) in [5.74, 6) is -0.263. The number of rotatable bonds is 4. The summed E-state index contributed by atoms with van der Waals surface area (Å²) < 4.78 is 35.3. The maximum absolute atomic E-state index is 14.1. The van der Waals surface area contributed by atoms with E-state index in [1.165, 1.54) is 10.6 Å². The minimum Gasteiger partial charge on any atom is -0.467 e. The van der Waals surface area contributed by atoms with Gasteiger partial charge in [0.25, 0.3) is 10.0 Å². The number of hydrogen-bond donors (Lipinski definition) is 0. The van der Waals surface area contributed by atoms with Gasteiger partial charge in [-0.15, -0.1) is 0 Å². The number of aryl methyl sites for hydroxylation is 1. The van der Waals surface area contributed by atoms with Crippen LogP contribution in [0.3, 0.4) is 0 Å². The van der Waals surface area contributed by atoms with Crippen LogP contribution in [0.5, 0.6) is 0 Å². The predicted octanol–water partition coefficient (Wildman–Crippen LogP) is 5.23. The van der Waals surface area contributed by atoms with E-state index in [1.54, 1.807) is 42.5 Å². The molecule has 1 fully saturated rings. The van der Waals surface area contributed by atoms with Crippen molar-refractivity contribution in [2.24, 2.45) is 10.9 Å². The van der Waals surface area contributed by atoms with Gasteiger partial charge in [0.15, 0.2) is 0 Å². The number of sulfonamides is 1. The molecule has 1 aromatic heterocycles. The number of Topliss-reactive ketones (excluding diaryl/α,β-unsaturated/α-hetero) is 1. The maximum atomic E-state index is 14.1. The van der Waals surface area contributed by atoms with Gasteiger partial charge in [-0.25, -0.2) is 8.42 Å². The topological polar surface area (TPSA) is 80.0 Å². The molecular formula is C25H24N2O4S. The second-order valence-corrected chi connectivity index (χ2v) is 9.96. The van der Waals surface area contributed by atoms with E-state index in [9.17, 15) is 13.2 Å². The fraction of sp³-hybridized carbons (Fsp3) is 0.280. The summed E-state index contributed by atoms with van der Waals surface area (Å²) in [5, 5.41) is 0. The van der Waals surface area contributed by atoms with Crippen molar-refractivity contribution < 1.29 is 17.6 Å². The summed E-state index contributed by atoms with van der Waals surface area (Å²) in [6.07, 6.45) is 4.09. The van der Waals surface area contributed by atoms with Crippen molar-refractivity contribution >= 4 is 32.9 Å². The van der Waals surface area contributed by atoms with Crippen molar-refractivity contribution in [2.45, 2.75) is 43.5 Å². The minimum atomic E-state index is -4.03. The molecule has 164 valence electrons. The van der Waals surface area contributed by atoms with E-state index in [0.29, 0.717) is 42.1 Å². The van der Waals surface area contributed by atoms with Crippen LogP contribution in [0.4, 0.5) is 11.4 Å². The molecule has 0 saturated heterocycles. The number of carbonyl (C=O) groups excluding carboxylic acids is 1. The second kappa shape index (κ2) is 8.06. The van der Waals surface area contributed by atoms with E-state index < -0.39 is 22.0 Å². The number of hydrogen-bond acceptors (Lipinski definition) is 5. The first kappa shape index (κ1) is 20.7. The number of ketones is 1. The van der Waals surface area contributed by atoms with Crippen LogP contribution in [0, 0.1) is 5.92 Å². The van der Waals surface area contributed by atoms with Crippen LogP contribution in [0.15, 0.2) is 81.2 Å². The molecule has 1 aliphatic carbocycles. The molecule has 1 saturated carbocycles. The van der Waals surface area contributed by atoms with Crippen molar-refractivity contribution in [1.29, 1.82) is 0 Å². The number of aliphatic imine (C=N–C) groups is 1. The van der Waals surface area contributed by atoms with Crippen LogP contribution < -0.4 is 4.31 Å². The number of carbonyl (C=O) groups is 1. The number of furan rings is 1. The smallest absolute Gasteiger partial charge is 0.265 e. The molecule has 5 rings (SSSR count). The molecule has 2 aromatic carbocycles. The van der Waals surface area contributed by atoms with Crippen molar-refractivity contribution in [3.05, 3.63) is 78.3 Å². The van der Waals surface area contributed by atoms with Gasteiger partial charge in [-0.1, -0.05) is 31.2 Å². The largest absolute Gasteiger partial charge is 0.467 e. The van der Waals surface area contributed by atoms with E-state index in [-0.39, 0.29) is 10.7 Å². The Kier molecular flexibility index (Phi) is 5.21. The van der Waals surface area contributed by atoms with Gasteiger partial charge < -0.3 is 4.42 Å². The van der Waals surface area contributed by atoms with Gasteiger partial charge in [0.05, 0.1) is 28.5 Å². The summed E-state index contributed by atoms with van der Waals surface area (Å²) >= 11 is 0. The van der Waals surface area contributed by atoms with E-state index in [2.05, 4.69) is 0 Å². The van der Waals surface area contributed by atoms with Crippen molar-refractivity contribution in [1.82, 2.24) is 0 Å². The zero-order valence-corrected chi connectivity index (χ0v) is 18.6. The zero-order chi connectivity index (χ0) is 22.3. The third-order valence-electron chi connectivity index (χ3n) is 6.24. The Morgan fingerprint density at radius 3 is 2.53 bits per heavy atom. The molecule has 3 aromatic rings. The SMILES string of the molecule is CCc1ccc(S(=O)(=O)N2c3ccccc3N=C3CCCC(=O)C3C2c2ccco2)cc1. The van der Waals surface area contributed by atoms with Gasteiger partial charge in [-0.2, -0.15) is 0 Å². The zero-order valence-electron chi connectivity index (χ0n) is 17.8. The molecule has 0 spiro atoms. The third kappa shape index (κ3) is 3.37. The van der Waals surface area contributed by atoms with Crippen LogP contribution in [-0.4, -0.2) is 19.9 Å². The number of fused-ring (bicyclic) bond motifs is 2. The maximum Gasteiger partial charge on any atom is 0.265 e. The fourth-order valence-electron chi connectivity index (χ4n) is 4.64. The summed E-state index contributed by atoms with van der Waals surface area (Å²) in [6.45, 7) is 2.02. The normalized spacial score (nSPS) is 20.8. The first-order valence-electron chi connectivity index (χ1n) is 10.9. The Bertz CT molecular complexity index is 1280. The first-order chi connectivity index (χ1) is 15.5. The van der Waals surface area contributed by atoms with Gasteiger partial charge in [-0.3, -0.25) is 14.1 Å². The number of para-hydroxylation sites is 2. The molecule has 2 atom stereocenters. The Labute approximate surface area is 187 Å². The van der Waals surface area contributed by atoms with E-state index in [4.69, 9.17) is 9.41 Å². The van der Waals surface area contributed by atoms with Crippen LogP contribution >= 0.6 is 0 Å². The lowest BCUT2D eigenvalue weighted by atomic mass is 9.80. The standard InChI is InChI=1S/C25H24N2O4S/c1-2-17-12-14-18(15-13-17)32(29,30)27-21-9-4-3-7-19(21)26-20-8-5-10-22(28)24(20)25(27)23-11-6-16-31-23/h3-4,6-7,9,11-16,24-25H,2,5,8,10H2,1H3. The highest BCUT2D eigenvalue weighted by Gasteiger charge is 2.47. The van der Waals surface area contributed by atoms with Crippen LogP contribution in [-0.2, 0) is 21.2 Å². The average Bonchev–Trinajstić information content (AvgIpc) is 3.28. The highest BCUT2D eigenvalue weighted by molar-refractivity contribution is 7.92. The summed E-state index contributed by atoms with van der Waals surface area (Å²) in [4.78, 5) is 18.2. The Balaban J connectivity index is 1.77.